The number of esters is 2. The van der Waals surface area contributed by atoms with Crippen molar-refractivity contribution in [3.05, 3.63) is 35.1 Å². The maximum absolute atomic E-state index is 13.2. The van der Waals surface area contributed by atoms with Crippen LogP contribution in [-0.4, -0.2) is 76.4 Å². The van der Waals surface area contributed by atoms with Crippen molar-refractivity contribution in [1.82, 2.24) is 10.2 Å². The zero-order valence-electron chi connectivity index (χ0n) is 24.0. The Bertz CT molecular complexity index is 1260. The average molecular weight is 557 g/mol. The van der Waals surface area contributed by atoms with Crippen LogP contribution in [0.5, 0.6) is 11.5 Å². The second-order valence-electron chi connectivity index (χ2n) is 12.4. The Morgan fingerprint density at radius 3 is 2.58 bits per heavy atom. The molecule has 1 saturated heterocycles. The molecule has 2 heterocycles. The van der Waals surface area contributed by atoms with Crippen molar-refractivity contribution in [2.24, 2.45) is 11.8 Å². The standard InChI is InChI=1S/C30H40N2O8/c1-15(2)13-19(31-26(34)16(3)4)28(36)38-17(5)27(35)39-21-9-10-30(37)22-14-18-7-8-20(33)24-23(18)29(30,25(21)40-24)11-12-32(22)6/h7-9,15-17,19,22,25,33,37H,10-14H2,1-6H3,(H,31,34)/t17-,19-,22+,25?,29?,30+/m0/s1. The molecule has 2 bridgehead atoms. The number of nitrogens with zero attached hydrogens (tertiary/aromatic N) is 1. The monoisotopic (exact) mass is 556 g/mol. The molecule has 10 nitrogen and oxygen atoms in total. The van der Waals surface area contributed by atoms with E-state index >= 15 is 0 Å². The third-order valence-corrected chi connectivity index (χ3v) is 9.03. The number of benzene rings is 1. The molecule has 0 radical (unpaired) electrons. The largest absolute Gasteiger partial charge is 0.504 e. The number of piperidine rings is 1. The summed E-state index contributed by atoms with van der Waals surface area (Å²) in [5.74, 6) is -1.44. The second kappa shape index (κ2) is 10.1. The van der Waals surface area contributed by atoms with E-state index in [1.807, 2.05) is 27.0 Å². The number of likely N-dealkylation sites (tertiary alicyclic amines) is 1. The third kappa shape index (κ3) is 4.27. The minimum atomic E-state index is -1.25. The molecule has 1 aromatic rings. The van der Waals surface area contributed by atoms with E-state index in [2.05, 4.69) is 10.2 Å². The highest BCUT2D eigenvalue weighted by Crippen LogP contribution is 2.65. The number of phenols is 1. The highest BCUT2D eigenvalue weighted by Gasteiger charge is 2.72. The maximum atomic E-state index is 13.2. The minimum absolute atomic E-state index is 0.0186. The predicted molar refractivity (Wildman–Crippen MR) is 144 cm³/mol. The number of amides is 1. The number of aromatic hydroxyl groups is 1. The molecule has 218 valence electrons. The lowest BCUT2D eigenvalue weighted by Gasteiger charge is -2.61. The molecule has 0 saturated carbocycles. The number of carbonyl (C=O) groups is 3. The van der Waals surface area contributed by atoms with Gasteiger partial charge in [-0.15, -0.1) is 0 Å². The molecule has 40 heavy (non-hydrogen) atoms. The van der Waals surface area contributed by atoms with Crippen LogP contribution in [-0.2, 0) is 35.7 Å². The van der Waals surface area contributed by atoms with E-state index in [1.165, 1.54) is 6.92 Å². The molecule has 1 amide bonds. The Morgan fingerprint density at radius 2 is 1.90 bits per heavy atom. The van der Waals surface area contributed by atoms with E-state index in [9.17, 15) is 24.6 Å². The molecule has 1 aromatic carbocycles. The van der Waals surface area contributed by atoms with Crippen LogP contribution in [0, 0.1) is 11.8 Å². The fourth-order valence-corrected chi connectivity index (χ4v) is 6.96. The van der Waals surface area contributed by atoms with Gasteiger partial charge in [-0.1, -0.05) is 33.8 Å². The van der Waals surface area contributed by atoms with Gasteiger partial charge in [-0.3, -0.25) is 4.79 Å². The van der Waals surface area contributed by atoms with Gasteiger partial charge >= 0.3 is 11.9 Å². The van der Waals surface area contributed by atoms with Gasteiger partial charge in [-0.05, 0) is 63.4 Å². The Hall–Kier alpha value is -3.11. The fourth-order valence-electron chi connectivity index (χ4n) is 6.96. The average Bonchev–Trinajstić information content (AvgIpc) is 3.24. The molecule has 1 spiro atoms. The number of hydrogen-bond donors (Lipinski definition) is 3. The smallest absolute Gasteiger partial charge is 0.352 e. The molecule has 3 N–H and O–H groups in total. The first-order valence-corrected chi connectivity index (χ1v) is 14.2. The summed E-state index contributed by atoms with van der Waals surface area (Å²) >= 11 is 0. The van der Waals surface area contributed by atoms with Crippen molar-refractivity contribution in [1.29, 1.82) is 0 Å². The highest BCUT2D eigenvalue weighted by molar-refractivity contribution is 5.87. The normalized spacial score (nSPS) is 29.7. The summed E-state index contributed by atoms with van der Waals surface area (Å²) in [6.07, 6.45) is 1.38. The van der Waals surface area contributed by atoms with Crippen LogP contribution >= 0.6 is 0 Å². The van der Waals surface area contributed by atoms with E-state index in [4.69, 9.17) is 14.2 Å². The molecular weight excluding hydrogens is 516 g/mol. The van der Waals surface area contributed by atoms with Gasteiger partial charge in [0, 0.05) is 23.9 Å². The van der Waals surface area contributed by atoms with Gasteiger partial charge in [0.05, 0.1) is 11.0 Å². The van der Waals surface area contributed by atoms with Gasteiger partial charge in [-0.2, -0.15) is 0 Å². The van der Waals surface area contributed by atoms with E-state index in [1.54, 1.807) is 26.0 Å². The Balaban J connectivity index is 1.37. The van der Waals surface area contributed by atoms with Crippen molar-refractivity contribution >= 4 is 17.8 Å². The van der Waals surface area contributed by atoms with Crippen LogP contribution in [0.2, 0.25) is 0 Å². The molecule has 1 fully saturated rings. The van der Waals surface area contributed by atoms with Crippen LogP contribution in [0.4, 0.5) is 0 Å². The number of aliphatic hydroxyl groups is 1. The summed E-state index contributed by atoms with van der Waals surface area (Å²) in [4.78, 5) is 40.6. The van der Waals surface area contributed by atoms with Crippen LogP contribution in [0.15, 0.2) is 24.0 Å². The molecule has 0 aromatic heterocycles. The van der Waals surface area contributed by atoms with Crippen LogP contribution in [0.1, 0.15) is 65.0 Å². The van der Waals surface area contributed by atoms with Crippen molar-refractivity contribution in [3.63, 3.8) is 0 Å². The van der Waals surface area contributed by atoms with E-state index in [-0.39, 0.29) is 41.7 Å². The molecule has 2 unspecified atom stereocenters. The lowest BCUT2D eigenvalue weighted by Crippen LogP contribution is -2.74. The summed E-state index contributed by atoms with van der Waals surface area (Å²) in [5, 5.41) is 25.6. The lowest BCUT2D eigenvalue weighted by molar-refractivity contribution is -0.176. The first kappa shape index (κ1) is 28.4. The highest BCUT2D eigenvalue weighted by atomic mass is 16.6. The van der Waals surface area contributed by atoms with E-state index in [0.717, 1.165) is 11.1 Å². The molecular formula is C30H40N2O8. The number of hydrogen-bond acceptors (Lipinski definition) is 9. The summed E-state index contributed by atoms with van der Waals surface area (Å²) in [7, 11) is 2.00. The van der Waals surface area contributed by atoms with Gasteiger partial charge in [0.25, 0.3) is 0 Å². The quantitative estimate of drug-likeness (QED) is 0.413. The fraction of sp³-hybridized carbons (Fsp3) is 0.633. The topological polar surface area (TPSA) is 135 Å². The number of carbonyl (C=O) groups excluding carboxylic acids is 3. The molecule has 6 atom stereocenters. The first-order chi connectivity index (χ1) is 18.8. The Labute approximate surface area is 234 Å². The number of ether oxygens (including phenoxy) is 3. The SMILES string of the molecule is CC(C)C[C@H](NC(=O)C(C)C)C(=O)O[C@@H](C)C(=O)OC1=CC[C@@]2(O)[C@H]3Cc4ccc(O)c5c4C2(CCN3C)C1O5. The molecule has 5 rings (SSSR count). The predicted octanol–water partition coefficient (Wildman–Crippen LogP) is 2.33. The summed E-state index contributed by atoms with van der Waals surface area (Å²) in [5.41, 5.74) is -0.267. The van der Waals surface area contributed by atoms with Crippen LogP contribution in [0.25, 0.3) is 0 Å². The van der Waals surface area contributed by atoms with Gasteiger partial charge in [0.2, 0.25) is 5.91 Å². The van der Waals surface area contributed by atoms with Crippen LogP contribution in [0.3, 0.4) is 0 Å². The van der Waals surface area contributed by atoms with Crippen molar-refractivity contribution in [2.75, 3.05) is 13.6 Å². The van der Waals surface area contributed by atoms with Crippen molar-refractivity contribution < 1.29 is 38.8 Å². The van der Waals surface area contributed by atoms with Gasteiger partial charge in [0.15, 0.2) is 23.7 Å². The lowest BCUT2D eigenvalue weighted by atomic mass is 9.50. The third-order valence-electron chi connectivity index (χ3n) is 9.03. The zero-order valence-corrected chi connectivity index (χ0v) is 24.0. The molecule has 4 aliphatic rings. The number of phenolic OH excluding ortho intramolecular Hbond substituents is 1. The number of nitrogens with one attached hydrogen (secondary N) is 1. The summed E-state index contributed by atoms with van der Waals surface area (Å²) in [6.45, 7) is 9.45. The van der Waals surface area contributed by atoms with Gasteiger partial charge in [-0.25, -0.2) is 9.59 Å². The molecule has 10 heteroatoms. The maximum Gasteiger partial charge on any atom is 0.352 e. The van der Waals surface area contributed by atoms with Gasteiger partial charge < -0.3 is 34.6 Å². The van der Waals surface area contributed by atoms with Crippen molar-refractivity contribution in [2.45, 2.75) is 95.6 Å². The first-order valence-electron chi connectivity index (χ1n) is 14.2. The zero-order chi connectivity index (χ0) is 29.1. The van der Waals surface area contributed by atoms with Gasteiger partial charge in [0.1, 0.15) is 11.8 Å². The summed E-state index contributed by atoms with van der Waals surface area (Å²) in [6, 6.07) is 2.43. The van der Waals surface area contributed by atoms with E-state index in [0.29, 0.717) is 31.6 Å². The number of likely N-dealkylation sites (N-methyl/N-ethyl adjacent to an activating group) is 1. The summed E-state index contributed by atoms with van der Waals surface area (Å²) < 4.78 is 17.6. The Morgan fingerprint density at radius 1 is 1.18 bits per heavy atom. The molecule has 2 aliphatic carbocycles. The van der Waals surface area contributed by atoms with Crippen LogP contribution < -0.4 is 10.1 Å². The molecule has 2 aliphatic heterocycles. The minimum Gasteiger partial charge on any atom is -0.504 e. The van der Waals surface area contributed by atoms with E-state index < -0.39 is 41.2 Å². The second-order valence-corrected chi connectivity index (χ2v) is 12.4. The number of rotatable bonds is 8. The van der Waals surface area contributed by atoms with Crippen molar-refractivity contribution in [3.8, 4) is 11.5 Å². The Kier molecular flexibility index (Phi) is 7.15.